The molecule has 2 N–H and O–H groups in total. The first-order chi connectivity index (χ1) is 5.31. The van der Waals surface area contributed by atoms with Crippen molar-refractivity contribution in [2.45, 2.75) is 25.6 Å². The summed E-state index contributed by atoms with van der Waals surface area (Å²) in [6, 6.07) is -0.0410. The van der Waals surface area contributed by atoms with Gasteiger partial charge in [-0.15, -0.1) is 0 Å². The van der Waals surface area contributed by atoms with Gasteiger partial charge in [-0.3, -0.25) is 4.90 Å². The van der Waals surface area contributed by atoms with Gasteiger partial charge in [0.2, 0.25) is 0 Å². The van der Waals surface area contributed by atoms with E-state index in [1.54, 1.807) is 6.92 Å². The van der Waals surface area contributed by atoms with Crippen molar-refractivity contribution in [3.8, 4) is 0 Å². The smallest absolute Gasteiger partial charge is 0.328 e. The molecule has 1 atom stereocenters. The van der Waals surface area contributed by atoms with Crippen molar-refractivity contribution in [3.05, 3.63) is 0 Å². The van der Waals surface area contributed by atoms with Gasteiger partial charge in [0, 0.05) is 6.04 Å². The highest BCUT2D eigenvalue weighted by molar-refractivity contribution is 4.61. The first kappa shape index (κ1) is 11.7. The third kappa shape index (κ3) is 7.81. The SMILES string of the molecule is CC(N)CCN(C)CC(F)(F)F. The summed E-state index contributed by atoms with van der Waals surface area (Å²) < 4.78 is 35.3. The highest BCUT2D eigenvalue weighted by Gasteiger charge is 2.28. The fourth-order valence-electron chi connectivity index (χ4n) is 0.809. The van der Waals surface area contributed by atoms with Gasteiger partial charge in [-0.05, 0) is 26.9 Å². The van der Waals surface area contributed by atoms with Crippen molar-refractivity contribution in [3.63, 3.8) is 0 Å². The number of halogens is 3. The van der Waals surface area contributed by atoms with E-state index in [2.05, 4.69) is 0 Å². The maximum Gasteiger partial charge on any atom is 0.401 e. The number of alkyl halides is 3. The van der Waals surface area contributed by atoms with Crippen LogP contribution in [0.3, 0.4) is 0 Å². The van der Waals surface area contributed by atoms with Crippen LogP contribution in [0.25, 0.3) is 0 Å². The summed E-state index contributed by atoms with van der Waals surface area (Å²) in [6.07, 6.45) is -3.51. The summed E-state index contributed by atoms with van der Waals surface area (Å²) in [5.41, 5.74) is 5.40. The lowest BCUT2D eigenvalue weighted by molar-refractivity contribution is -0.143. The molecular formula is C7H15F3N2. The average Bonchev–Trinajstić information content (AvgIpc) is 1.79. The average molecular weight is 184 g/mol. The molecule has 0 saturated heterocycles. The topological polar surface area (TPSA) is 29.3 Å². The van der Waals surface area contributed by atoms with Gasteiger partial charge in [0.05, 0.1) is 6.54 Å². The van der Waals surface area contributed by atoms with Crippen LogP contribution in [0.15, 0.2) is 0 Å². The summed E-state index contributed by atoms with van der Waals surface area (Å²) in [5.74, 6) is 0. The molecule has 0 bridgehead atoms. The minimum absolute atomic E-state index is 0.0410. The van der Waals surface area contributed by atoms with Gasteiger partial charge >= 0.3 is 6.18 Å². The Morgan fingerprint density at radius 3 is 2.25 bits per heavy atom. The predicted molar refractivity (Wildman–Crippen MR) is 41.8 cm³/mol. The number of nitrogens with two attached hydrogens (primary N) is 1. The highest BCUT2D eigenvalue weighted by atomic mass is 19.4. The molecule has 0 spiro atoms. The molecule has 0 aliphatic heterocycles. The van der Waals surface area contributed by atoms with E-state index < -0.39 is 12.7 Å². The zero-order chi connectivity index (χ0) is 9.78. The van der Waals surface area contributed by atoms with Gasteiger partial charge in [0.1, 0.15) is 0 Å². The van der Waals surface area contributed by atoms with Crippen LogP contribution < -0.4 is 5.73 Å². The first-order valence-corrected chi connectivity index (χ1v) is 3.82. The van der Waals surface area contributed by atoms with Crippen molar-refractivity contribution < 1.29 is 13.2 Å². The number of nitrogens with zero attached hydrogens (tertiary/aromatic N) is 1. The van der Waals surface area contributed by atoms with Gasteiger partial charge in [-0.2, -0.15) is 13.2 Å². The van der Waals surface area contributed by atoms with E-state index in [1.807, 2.05) is 0 Å². The molecule has 0 aromatic rings. The quantitative estimate of drug-likeness (QED) is 0.711. The van der Waals surface area contributed by atoms with Crippen molar-refractivity contribution in [1.29, 1.82) is 0 Å². The van der Waals surface area contributed by atoms with Gasteiger partial charge in [0.15, 0.2) is 0 Å². The lowest BCUT2D eigenvalue weighted by Crippen LogP contribution is -2.33. The Labute approximate surface area is 70.5 Å². The highest BCUT2D eigenvalue weighted by Crippen LogP contribution is 2.15. The molecule has 0 aromatic carbocycles. The van der Waals surface area contributed by atoms with Crippen molar-refractivity contribution in [2.24, 2.45) is 5.73 Å². The monoisotopic (exact) mass is 184 g/mol. The zero-order valence-corrected chi connectivity index (χ0v) is 7.36. The molecular weight excluding hydrogens is 169 g/mol. The van der Waals surface area contributed by atoms with E-state index in [0.717, 1.165) is 0 Å². The van der Waals surface area contributed by atoms with Crippen LogP contribution in [-0.2, 0) is 0 Å². The second-order valence-corrected chi connectivity index (χ2v) is 3.12. The minimum Gasteiger partial charge on any atom is -0.328 e. The van der Waals surface area contributed by atoms with Crippen molar-refractivity contribution in [1.82, 2.24) is 4.90 Å². The van der Waals surface area contributed by atoms with Crippen LogP contribution >= 0.6 is 0 Å². The fraction of sp³-hybridized carbons (Fsp3) is 1.00. The summed E-state index contributed by atoms with van der Waals surface area (Å²) in [6.45, 7) is 1.30. The largest absolute Gasteiger partial charge is 0.401 e. The maximum absolute atomic E-state index is 11.8. The second-order valence-electron chi connectivity index (χ2n) is 3.12. The lowest BCUT2D eigenvalue weighted by atomic mass is 10.2. The van der Waals surface area contributed by atoms with E-state index in [-0.39, 0.29) is 6.04 Å². The van der Waals surface area contributed by atoms with Crippen LogP contribution in [0.1, 0.15) is 13.3 Å². The van der Waals surface area contributed by atoms with Crippen molar-refractivity contribution >= 4 is 0 Å². The summed E-state index contributed by atoms with van der Waals surface area (Å²) in [4.78, 5) is 1.23. The molecule has 12 heavy (non-hydrogen) atoms. The number of hydrogen-bond acceptors (Lipinski definition) is 2. The van der Waals surface area contributed by atoms with Gasteiger partial charge in [0.25, 0.3) is 0 Å². The molecule has 1 unspecified atom stereocenters. The Bertz CT molecular complexity index is 122. The molecule has 5 heteroatoms. The number of rotatable bonds is 4. The molecule has 0 radical (unpaired) electrons. The normalized spacial score (nSPS) is 15.2. The summed E-state index contributed by atoms with van der Waals surface area (Å²) >= 11 is 0. The van der Waals surface area contributed by atoms with Gasteiger partial charge in [-0.25, -0.2) is 0 Å². The molecule has 0 heterocycles. The Balaban J connectivity index is 3.53. The molecule has 74 valence electrons. The van der Waals surface area contributed by atoms with E-state index >= 15 is 0 Å². The fourth-order valence-corrected chi connectivity index (χ4v) is 0.809. The zero-order valence-electron chi connectivity index (χ0n) is 7.36. The lowest BCUT2D eigenvalue weighted by Gasteiger charge is -2.19. The Hall–Kier alpha value is -0.290. The second kappa shape index (κ2) is 4.67. The van der Waals surface area contributed by atoms with Gasteiger partial charge < -0.3 is 5.73 Å². The van der Waals surface area contributed by atoms with Crippen molar-refractivity contribution in [2.75, 3.05) is 20.1 Å². The van der Waals surface area contributed by atoms with Crippen LogP contribution in [0.5, 0.6) is 0 Å². The van der Waals surface area contributed by atoms with E-state index in [0.29, 0.717) is 13.0 Å². The standard InChI is InChI=1S/C7H15F3N2/c1-6(11)3-4-12(2)5-7(8,9)10/h6H,3-5,11H2,1-2H3. The maximum atomic E-state index is 11.8. The summed E-state index contributed by atoms with van der Waals surface area (Å²) in [7, 11) is 1.44. The molecule has 2 nitrogen and oxygen atoms in total. The van der Waals surface area contributed by atoms with Crippen LogP contribution in [-0.4, -0.2) is 37.3 Å². The Morgan fingerprint density at radius 1 is 1.42 bits per heavy atom. The third-order valence-electron chi connectivity index (χ3n) is 1.42. The first-order valence-electron chi connectivity index (χ1n) is 3.82. The van der Waals surface area contributed by atoms with E-state index in [1.165, 1.54) is 11.9 Å². The molecule has 0 saturated carbocycles. The van der Waals surface area contributed by atoms with Crippen LogP contribution in [0.2, 0.25) is 0 Å². The molecule has 0 rings (SSSR count). The third-order valence-corrected chi connectivity index (χ3v) is 1.42. The summed E-state index contributed by atoms with van der Waals surface area (Å²) in [5, 5.41) is 0. The predicted octanol–water partition coefficient (Wildman–Crippen LogP) is 1.22. The Kier molecular flexibility index (Phi) is 4.55. The van der Waals surface area contributed by atoms with Gasteiger partial charge in [-0.1, -0.05) is 0 Å². The van der Waals surface area contributed by atoms with E-state index in [9.17, 15) is 13.2 Å². The van der Waals surface area contributed by atoms with E-state index in [4.69, 9.17) is 5.73 Å². The Morgan fingerprint density at radius 2 is 1.92 bits per heavy atom. The minimum atomic E-state index is -4.10. The molecule has 0 aliphatic rings. The molecule has 0 aromatic heterocycles. The number of hydrogen-bond donors (Lipinski definition) is 1. The molecule has 0 aliphatic carbocycles. The van der Waals surface area contributed by atoms with Crippen LogP contribution in [0, 0.1) is 0 Å². The molecule has 0 fully saturated rings. The molecule has 0 amide bonds. The van der Waals surface area contributed by atoms with Crippen LogP contribution in [0.4, 0.5) is 13.2 Å².